The van der Waals surface area contributed by atoms with Gasteiger partial charge in [-0.05, 0) is 13.3 Å². The van der Waals surface area contributed by atoms with Crippen LogP contribution in [0.15, 0.2) is 0 Å². The number of thiocarbonyl (C=S) groups is 1. The molecule has 18 heavy (non-hydrogen) atoms. The minimum Gasteiger partial charge on any atom is -0.465 e. The predicted molar refractivity (Wildman–Crippen MR) is 75.5 cm³/mol. The van der Waals surface area contributed by atoms with E-state index in [1.54, 1.807) is 0 Å². The van der Waals surface area contributed by atoms with E-state index in [4.69, 9.17) is 22.7 Å². The molecule has 0 radical (unpaired) electrons. The van der Waals surface area contributed by atoms with Gasteiger partial charge in [-0.2, -0.15) is 0 Å². The largest absolute Gasteiger partial charge is 0.465 e. The van der Waals surface area contributed by atoms with Gasteiger partial charge in [-0.15, -0.1) is 0 Å². The first-order chi connectivity index (χ1) is 8.58. The fraction of sp³-hybridized carbons (Fsp3) is 0.833. The van der Waals surface area contributed by atoms with E-state index in [0.29, 0.717) is 18.1 Å². The molecular weight excluding hydrogens is 250 g/mol. The van der Waals surface area contributed by atoms with Crippen LogP contribution in [0.25, 0.3) is 0 Å². The lowest BCUT2D eigenvalue weighted by atomic mass is 10.1. The third-order valence-electron chi connectivity index (χ3n) is 3.17. The molecule has 1 saturated heterocycles. The van der Waals surface area contributed by atoms with Gasteiger partial charge in [-0.25, -0.2) is 0 Å². The molecule has 0 amide bonds. The minimum atomic E-state index is -0.114. The lowest BCUT2D eigenvalue weighted by Crippen LogP contribution is -2.53. The van der Waals surface area contributed by atoms with Gasteiger partial charge in [0.2, 0.25) is 0 Å². The van der Waals surface area contributed by atoms with Crippen molar-refractivity contribution in [2.24, 2.45) is 5.73 Å². The summed E-state index contributed by atoms with van der Waals surface area (Å²) in [7, 11) is 0. The van der Waals surface area contributed by atoms with E-state index in [0.717, 1.165) is 32.6 Å². The van der Waals surface area contributed by atoms with Gasteiger partial charge in [-0.1, -0.05) is 19.1 Å². The number of hydrogen-bond acceptors (Lipinski definition) is 5. The second-order valence-electron chi connectivity index (χ2n) is 4.45. The third kappa shape index (κ3) is 4.51. The number of rotatable bonds is 6. The highest BCUT2D eigenvalue weighted by Gasteiger charge is 2.28. The monoisotopic (exact) mass is 273 g/mol. The van der Waals surface area contributed by atoms with E-state index in [9.17, 15) is 4.79 Å². The van der Waals surface area contributed by atoms with Crippen LogP contribution in [-0.2, 0) is 9.53 Å². The normalized spacial score (nSPS) is 19.4. The smallest absolute Gasteiger partial charge is 0.323 e. The third-order valence-corrected chi connectivity index (χ3v) is 3.30. The summed E-state index contributed by atoms with van der Waals surface area (Å²) >= 11 is 4.90. The molecule has 1 unspecified atom stereocenters. The Bertz CT molecular complexity index is 291. The van der Waals surface area contributed by atoms with E-state index in [1.807, 2.05) is 13.8 Å². The van der Waals surface area contributed by atoms with Crippen LogP contribution in [0.1, 0.15) is 20.3 Å². The second-order valence-corrected chi connectivity index (χ2v) is 4.98. The van der Waals surface area contributed by atoms with Crippen molar-refractivity contribution >= 4 is 23.2 Å². The molecule has 6 heteroatoms. The summed E-state index contributed by atoms with van der Waals surface area (Å²) in [6, 6.07) is -0.114. The van der Waals surface area contributed by atoms with Gasteiger partial charge in [0.25, 0.3) is 0 Å². The van der Waals surface area contributed by atoms with E-state index >= 15 is 0 Å². The van der Waals surface area contributed by atoms with Gasteiger partial charge in [0.15, 0.2) is 0 Å². The molecule has 1 heterocycles. The number of carbonyl (C=O) groups is 1. The maximum absolute atomic E-state index is 11.8. The molecule has 0 saturated carbocycles. The molecule has 0 aromatic rings. The first-order valence-corrected chi connectivity index (χ1v) is 6.90. The molecule has 1 fully saturated rings. The lowest BCUT2D eigenvalue weighted by Gasteiger charge is -2.37. The van der Waals surface area contributed by atoms with Crippen LogP contribution in [0, 0.1) is 0 Å². The molecule has 1 aliphatic heterocycles. The standard InChI is InChI=1S/C12H23N3O2S/c1-3-10(12(16)17-4-2)15-7-5-14(6-8-15)9-11(13)18/h10H,3-9H2,1-2H3,(H2,13,18). The first kappa shape index (κ1) is 15.3. The maximum atomic E-state index is 11.8. The zero-order valence-electron chi connectivity index (χ0n) is 11.2. The predicted octanol–water partition coefficient (Wildman–Crippen LogP) is 0.232. The summed E-state index contributed by atoms with van der Waals surface area (Å²) in [6.45, 7) is 8.48. The Balaban J connectivity index is 2.44. The topological polar surface area (TPSA) is 58.8 Å². The SMILES string of the molecule is CCOC(=O)C(CC)N1CCN(CC(N)=S)CC1. The van der Waals surface area contributed by atoms with E-state index in [2.05, 4.69) is 9.80 Å². The van der Waals surface area contributed by atoms with Crippen molar-refractivity contribution in [1.29, 1.82) is 0 Å². The van der Waals surface area contributed by atoms with Crippen molar-refractivity contribution in [3.8, 4) is 0 Å². The average molecular weight is 273 g/mol. The summed E-state index contributed by atoms with van der Waals surface area (Å²) in [5.74, 6) is -0.109. The Morgan fingerprint density at radius 1 is 1.33 bits per heavy atom. The van der Waals surface area contributed by atoms with Gasteiger partial charge in [0.05, 0.1) is 11.6 Å². The van der Waals surface area contributed by atoms with E-state index < -0.39 is 0 Å². The quantitative estimate of drug-likeness (QED) is 0.552. The zero-order valence-corrected chi connectivity index (χ0v) is 12.0. The van der Waals surface area contributed by atoms with Crippen molar-refractivity contribution in [3.63, 3.8) is 0 Å². The fourth-order valence-electron chi connectivity index (χ4n) is 2.27. The van der Waals surface area contributed by atoms with Gasteiger partial charge in [0.1, 0.15) is 6.04 Å². The van der Waals surface area contributed by atoms with E-state index in [-0.39, 0.29) is 12.0 Å². The van der Waals surface area contributed by atoms with Crippen LogP contribution in [0.2, 0.25) is 0 Å². The number of ether oxygens (including phenoxy) is 1. The van der Waals surface area contributed by atoms with Crippen LogP contribution in [0.4, 0.5) is 0 Å². The Morgan fingerprint density at radius 2 is 1.94 bits per heavy atom. The highest BCUT2D eigenvalue weighted by Crippen LogP contribution is 2.11. The number of hydrogen-bond donors (Lipinski definition) is 1. The fourth-order valence-corrected chi connectivity index (χ4v) is 2.45. The van der Waals surface area contributed by atoms with Crippen LogP contribution >= 0.6 is 12.2 Å². The summed E-state index contributed by atoms with van der Waals surface area (Å²) in [4.78, 5) is 16.8. The first-order valence-electron chi connectivity index (χ1n) is 6.49. The Hall–Kier alpha value is -0.720. The van der Waals surface area contributed by atoms with Crippen LogP contribution < -0.4 is 5.73 Å². The molecule has 0 bridgehead atoms. The molecule has 0 aromatic carbocycles. The molecule has 104 valence electrons. The number of nitrogens with two attached hydrogens (primary N) is 1. The van der Waals surface area contributed by atoms with Crippen LogP contribution in [0.3, 0.4) is 0 Å². The minimum absolute atomic E-state index is 0.109. The molecule has 0 spiro atoms. The molecule has 2 N–H and O–H groups in total. The molecule has 1 aliphatic rings. The van der Waals surface area contributed by atoms with Crippen molar-refractivity contribution in [1.82, 2.24) is 9.80 Å². The van der Waals surface area contributed by atoms with E-state index in [1.165, 1.54) is 0 Å². The van der Waals surface area contributed by atoms with Gasteiger partial charge < -0.3 is 10.5 Å². The van der Waals surface area contributed by atoms with Crippen molar-refractivity contribution in [2.75, 3.05) is 39.3 Å². The summed E-state index contributed by atoms with van der Waals surface area (Å²) in [5, 5.41) is 0. The summed E-state index contributed by atoms with van der Waals surface area (Å²) < 4.78 is 5.10. The molecule has 1 rings (SSSR count). The lowest BCUT2D eigenvalue weighted by molar-refractivity contribution is -0.150. The number of esters is 1. The number of piperazine rings is 1. The summed E-state index contributed by atoms with van der Waals surface area (Å²) in [5.41, 5.74) is 5.53. The molecule has 0 aliphatic carbocycles. The Morgan fingerprint density at radius 3 is 2.39 bits per heavy atom. The molecule has 0 aromatic heterocycles. The van der Waals surface area contributed by atoms with Crippen molar-refractivity contribution in [2.45, 2.75) is 26.3 Å². The number of nitrogens with zero attached hydrogens (tertiary/aromatic N) is 2. The second kappa shape index (κ2) is 7.66. The van der Waals surface area contributed by atoms with Crippen LogP contribution in [-0.4, -0.2) is 66.1 Å². The highest BCUT2D eigenvalue weighted by atomic mass is 32.1. The van der Waals surface area contributed by atoms with Crippen molar-refractivity contribution in [3.05, 3.63) is 0 Å². The maximum Gasteiger partial charge on any atom is 0.323 e. The van der Waals surface area contributed by atoms with Gasteiger partial charge >= 0.3 is 5.97 Å². The van der Waals surface area contributed by atoms with Crippen LogP contribution in [0.5, 0.6) is 0 Å². The summed E-state index contributed by atoms with van der Waals surface area (Å²) in [6.07, 6.45) is 0.786. The molecular formula is C12H23N3O2S. The highest BCUT2D eigenvalue weighted by molar-refractivity contribution is 7.80. The average Bonchev–Trinajstić information content (AvgIpc) is 2.32. The van der Waals surface area contributed by atoms with Gasteiger partial charge in [0, 0.05) is 32.7 Å². The molecule has 1 atom stereocenters. The zero-order chi connectivity index (χ0) is 13.5. The van der Waals surface area contributed by atoms with Crippen molar-refractivity contribution < 1.29 is 9.53 Å². The Labute approximate surface area is 114 Å². The van der Waals surface area contributed by atoms with Gasteiger partial charge in [-0.3, -0.25) is 14.6 Å². The number of carbonyl (C=O) groups excluding carboxylic acids is 1. The molecule has 5 nitrogen and oxygen atoms in total. The Kier molecular flexibility index (Phi) is 6.52.